The van der Waals surface area contributed by atoms with E-state index in [9.17, 15) is 4.79 Å². The number of hydrogen-bond donors (Lipinski definition) is 0. The fraction of sp³-hybridized carbons (Fsp3) is 0.269. The minimum Gasteiger partial charge on any atom is -0.336 e. The molecule has 3 aromatic rings. The molecule has 1 fully saturated rings. The average molecular weight is 417 g/mol. The Morgan fingerprint density at radius 1 is 0.667 bits per heavy atom. The van der Waals surface area contributed by atoms with Gasteiger partial charge in [-0.2, -0.15) is 11.8 Å². The van der Waals surface area contributed by atoms with Crippen molar-refractivity contribution in [3.63, 3.8) is 0 Å². The molecule has 1 aliphatic heterocycles. The summed E-state index contributed by atoms with van der Waals surface area (Å²) in [5.41, 5.74) is 4.74. The van der Waals surface area contributed by atoms with Crippen LogP contribution in [0, 0.1) is 0 Å². The van der Waals surface area contributed by atoms with Gasteiger partial charge in [0.2, 0.25) is 0 Å². The van der Waals surface area contributed by atoms with Crippen molar-refractivity contribution in [2.24, 2.45) is 0 Å². The Kier molecular flexibility index (Phi) is 7.22. The normalized spacial score (nSPS) is 14.6. The third kappa shape index (κ3) is 5.74. The highest BCUT2D eigenvalue weighted by molar-refractivity contribution is 7.97. The van der Waals surface area contributed by atoms with Crippen LogP contribution in [0.2, 0.25) is 0 Å². The lowest BCUT2D eigenvalue weighted by Gasteiger charge is -2.34. The molecule has 30 heavy (non-hydrogen) atoms. The maximum Gasteiger partial charge on any atom is 0.253 e. The van der Waals surface area contributed by atoms with E-state index in [0.29, 0.717) is 0 Å². The molecule has 0 unspecified atom stereocenters. The smallest absolute Gasteiger partial charge is 0.253 e. The predicted octanol–water partition coefficient (Wildman–Crippen LogP) is 5.08. The van der Waals surface area contributed by atoms with Crippen molar-refractivity contribution in [1.82, 2.24) is 9.80 Å². The van der Waals surface area contributed by atoms with Gasteiger partial charge in [-0.1, -0.05) is 72.8 Å². The Labute approximate surface area is 183 Å². The highest BCUT2D eigenvalue weighted by Gasteiger charge is 2.22. The molecule has 0 saturated carbocycles. The topological polar surface area (TPSA) is 23.6 Å². The van der Waals surface area contributed by atoms with Crippen molar-refractivity contribution < 1.29 is 4.79 Å². The number of carbonyl (C=O) groups is 1. The van der Waals surface area contributed by atoms with Crippen LogP contribution in [0.15, 0.2) is 84.9 Å². The zero-order valence-corrected chi connectivity index (χ0v) is 18.1. The number of amides is 1. The second-order valence-corrected chi connectivity index (χ2v) is 8.71. The number of carbonyl (C=O) groups excluding carboxylic acids is 1. The summed E-state index contributed by atoms with van der Waals surface area (Å²) < 4.78 is 0. The van der Waals surface area contributed by atoms with E-state index in [-0.39, 0.29) is 5.91 Å². The maximum atomic E-state index is 12.9. The number of thioether (sulfide) groups is 1. The highest BCUT2D eigenvalue weighted by atomic mass is 32.2. The van der Waals surface area contributed by atoms with E-state index in [2.05, 4.69) is 65.6 Å². The summed E-state index contributed by atoms with van der Waals surface area (Å²) in [7, 11) is 0. The molecular formula is C26H28N2OS. The lowest BCUT2D eigenvalue weighted by Crippen LogP contribution is -2.48. The van der Waals surface area contributed by atoms with E-state index in [0.717, 1.165) is 49.8 Å². The Hall–Kier alpha value is -2.56. The average Bonchev–Trinajstić information content (AvgIpc) is 2.81. The van der Waals surface area contributed by atoms with Gasteiger partial charge in [-0.05, 0) is 28.8 Å². The van der Waals surface area contributed by atoms with Crippen LogP contribution in [0.3, 0.4) is 0 Å². The summed E-state index contributed by atoms with van der Waals surface area (Å²) in [4.78, 5) is 17.3. The maximum absolute atomic E-state index is 12.9. The lowest BCUT2D eigenvalue weighted by atomic mass is 10.1. The van der Waals surface area contributed by atoms with Crippen molar-refractivity contribution in [3.05, 3.63) is 107 Å². The molecule has 3 nitrogen and oxygen atoms in total. The van der Waals surface area contributed by atoms with Gasteiger partial charge in [-0.25, -0.2) is 0 Å². The molecule has 0 atom stereocenters. The molecule has 0 radical (unpaired) electrons. The minimum atomic E-state index is 0.151. The first-order valence-corrected chi connectivity index (χ1v) is 11.7. The quantitative estimate of drug-likeness (QED) is 0.537. The van der Waals surface area contributed by atoms with E-state index in [4.69, 9.17) is 0 Å². The summed E-state index contributed by atoms with van der Waals surface area (Å²) in [5, 5.41) is 0. The monoisotopic (exact) mass is 416 g/mol. The van der Waals surface area contributed by atoms with E-state index >= 15 is 0 Å². The van der Waals surface area contributed by atoms with Gasteiger partial charge in [0.1, 0.15) is 0 Å². The molecule has 0 bridgehead atoms. The fourth-order valence-electron chi connectivity index (χ4n) is 3.74. The van der Waals surface area contributed by atoms with Crippen LogP contribution in [0.25, 0.3) is 0 Å². The zero-order chi connectivity index (χ0) is 20.6. The molecular weight excluding hydrogens is 388 g/mol. The third-order valence-corrected chi connectivity index (χ3v) is 6.56. The second kappa shape index (κ2) is 10.5. The van der Waals surface area contributed by atoms with Gasteiger partial charge in [0.25, 0.3) is 5.91 Å². The molecule has 1 heterocycles. The second-order valence-electron chi connectivity index (χ2n) is 7.73. The standard InChI is InChI=1S/C26H28N2OS/c29-26(28-17-15-27(16-18-28)19-22-7-3-1-4-8-22)25-13-11-24(12-14-25)21-30-20-23-9-5-2-6-10-23/h1-14H,15-21H2. The van der Waals surface area contributed by atoms with Crippen LogP contribution >= 0.6 is 11.8 Å². The van der Waals surface area contributed by atoms with Crippen molar-refractivity contribution in [3.8, 4) is 0 Å². The van der Waals surface area contributed by atoms with E-state index in [1.54, 1.807) is 0 Å². The van der Waals surface area contributed by atoms with Crippen molar-refractivity contribution in [2.45, 2.75) is 18.1 Å². The van der Waals surface area contributed by atoms with Crippen LogP contribution < -0.4 is 0 Å². The van der Waals surface area contributed by atoms with Gasteiger partial charge in [0.05, 0.1) is 0 Å². The number of benzene rings is 3. The van der Waals surface area contributed by atoms with Crippen LogP contribution in [0.5, 0.6) is 0 Å². The van der Waals surface area contributed by atoms with E-state index in [1.165, 1.54) is 16.7 Å². The molecule has 4 heteroatoms. The molecule has 0 N–H and O–H groups in total. The molecule has 154 valence electrons. The first-order chi connectivity index (χ1) is 14.8. The SMILES string of the molecule is O=C(c1ccc(CSCc2ccccc2)cc1)N1CCN(Cc2ccccc2)CC1. The Morgan fingerprint density at radius 3 is 1.80 bits per heavy atom. The van der Waals surface area contributed by atoms with Crippen LogP contribution in [0.4, 0.5) is 0 Å². The van der Waals surface area contributed by atoms with Gasteiger partial charge in [-0.15, -0.1) is 0 Å². The zero-order valence-electron chi connectivity index (χ0n) is 17.2. The molecule has 3 aromatic carbocycles. The van der Waals surface area contributed by atoms with Gasteiger partial charge in [0.15, 0.2) is 0 Å². The third-order valence-electron chi connectivity index (χ3n) is 5.49. The molecule has 1 amide bonds. The van der Waals surface area contributed by atoms with E-state index < -0.39 is 0 Å². The number of hydrogen-bond acceptors (Lipinski definition) is 3. The van der Waals surface area contributed by atoms with Gasteiger partial charge >= 0.3 is 0 Å². The fourth-order valence-corrected chi connectivity index (χ4v) is 4.70. The molecule has 0 spiro atoms. The first kappa shape index (κ1) is 20.7. The summed E-state index contributed by atoms with van der Waals surface area (Å²) in [6.07, 6.45) is 0. The molecule has 4 rings (SSSR count). The van der Waals surface area contributed by atoms with Crippen molar-refractivity contribution in [2.75, 3.05) is 26.2 Å². The molecule has 1 aliphatic rings. The molecule has 0 aliphatic carbocycles. The van der Waals surface area contributed by atoms with Crippen molar-refractivity contribution >= 4 is 17.7 Å². The number of nitrogens with zero attached hydrogens (tertiary/aromatic N) is 2. The summed E-state index contributed by atoms with van der Waals surface area (Å²) in [6, 6.07) is 29.2. The molecule has 0 aromatic heterocycles. The predicted molar refractivity (Wildman–Crippen MR) is 126 cm³/mol. The van der Waals surface area contributed by atoms with Gasteiger partial charge in [-0.3, -0.25) is 9.69 Å². The Balaban J connectivity index is 1.24. The van der Waals surface area contributed by atoms with Crippen LogP contribution in [-0.2, 0) is 18.1 Å². The van der Waals surface area contributed by atoms with Crippen LogP contribution in [-0.4, -0.2) is 41.9 Å². The van der Waals surface area contributed by atoms with Gasteiger partial charge < -0.3 is 4.90 Å². The van der Waals surface area contributed by atoms with E-state index in [1.807, 2.05) is 40.9 Å². The first-order valence-electron chi connectivity index (χ1n) is 10.5. The minimum absolute atomic E-state index is 0.151. The Bertz CT molecular complexity index is 920. The Morgan fingerprint density at radius 2 is 1.20 bits per heavy atom. The summed E-state index contributed by atoms with van der Waals surface area (Å²) in [6.45, 7) is 4.39. The number of rotatable bonds is 7. The van der Waals surface area contributed by atoms with Gasteiger partial charge in [0, 0.05) is 49.8 Å². The summed E-state index contributed by atoms with van der Waals surface area (Å²) in [5.74, 6) is 2.12. The lowest BCUT2D eigenvalue weighted by molar-refractivity contribution is 0.0628. The number of piperazine rings is 1. The molecule has 1 saturated heterocycles. The highest BCUT2D eigenvalue weighted by Crippen LogP contribution is 2.19. The van der Waals surface area contributed by atoms with Crippen molar-refractivity contribution in [1.29, 1.82) is 0 Å². The largest absolute Gasteiger partial charge is 0.336 e. The van der Waals surface area contributed by atoms with Crippen LogP contribution in [0.1, 0.15) is 27.0 Å². The summed E-state index contributed by atoms with van der Waals surface area (Å²) >= 11 is 1.90.